The summed E-state index contributed by atoms with van der Waals surface area (Å²) in [6.45, 7) is 4.41. The molecule has 198 valence electrons. The smallest absolute Gasteiger partial charge is 0.303 e. The van der Waals surface area contributed by atoms with Gasteiger partial charge in [0.1, 0.15) is 0 Å². The molecule has 0 spiro atoms. The van der Waals surface area contributed by atoms with Gasteiger partial charge in [0.2, 0.25) is 12.2 Å². The van der Waals surface area contributed by atoms with Crippen molar-refractivity contribution < 1.29 is 28.7 Å². The Morgan fingerprint density at radius 1 is 0.947 bits per heavy atom. The average Bonchev–Trinajstić information content (AvgIpc) is 3.55. The van der Waals surface area contributed by atoms with Gasteiger partial charge in [-0.3, -0.25) is 19.2 Å². The van der Waals surface area contributed by atoms with Crippen LogP contribution in [0.4, 0.5) is 0 Å². The lowest BCUT2D eigenvalue weighted by atomic mass is 10.1. The standard InChI is InChI=1S/C27H27ClN4O6/c1-16(19-6-9-23(10-7-19)32-12-4-11-29-32)30-26(35)24(37-17(2)33)25(38-18(3)34)27(36)31-14-20-5-8-22(28)13-21(20)15-31/h4-13,16,24-25H,14-15H2,1-3H3,(H,30,35)/t16-,24-,25-/m1/s1. The lowest BCUT2D eigenvalue weighted by molar-refractivity contribution is -0.178. The van der Waals surface area contributed by atoms with Crippen molar-refractivity contribution in [2.45, 2.75) is 52.1 Å². The molecule has 1 N–H and O–H groups in total. The van der Waals surface area contributed by atoms with Crippen LogP contribution in [0.1, 0.15) is 43.5 Å². The summed E-state index contributed by atoms with van der Waals surface area (Å²) in [6.07, 6.45) is 0.115. The van der Waals surface area contributed by atoms with Crippen molar-refractivity contribution in [2.24, 2.45) is 0 Å². The molecule has 2 amide bonds. The Hall–Kier alpha value is -4.18. The van der Waals surface area contributed by atoms with E-state index in [1.165, 1.54) is 4.90 Å². The van der Waals surface area contributed by atoms with E-state index in [2.05, 4.69) is 10.4 Å². The summed E-state index contributed by atoms with van der Waals surface area (Å²) in [4.78, 5) is 52.1. The SMILES string of the molecule is CC(=O)O[C@@H](C(=O)N[C@H](C)c1ccc(-n2cccn2)cc1)[C@@H](OC(C)=O)C(=O)N1Cc2ccc(Cl)cc2C1. The van der Waals surface area contributed by atoms with E-state index < -0.39 is 42.0 Å². The van der Waals surface area contributed by atoms with Crippen LogP contribution in [0.15, 0.2) is 60.9 Å². The second-order valence-corrected chi connectivity index (χ2v) is 9.38. The number of fused-ring (bicyclic) bond motifs is 1. The Morgan fingerprint density at radius 3 is 2.24 bits per heavy atom. The maximum atomic E-state index is 13.5. The lowest BCUT2D eigenvalue weighted by Crippen LogP contribution is -2.53. The van der Waals surface area contributed by atoms with Gasteiger partial charge in [-0.2, -0.15) is 5.10 Å². The Labute approximate surface area is 224 Å². The third-order valence-electron chi connectivity index (χ3n) is 6.09. The minimum absolute atomic E-state index is 0.208. The van der Waals surface area contributed by atoms with E-state index in [4.69, 9.17) is 21.1 Å². The highest BCUT2D eigenvalue weighted by Gasteiger charge is 2.43. The summed E-state index contributed by atoms with van der Waals surface area (Å²) in [5, 5.41) is 7.47. The Morgan fingerprint density at radius 2 is 1.61 bits per heavy atom. The van der Waals surface area contributed by atoms with Gasteiger partial charge in [-0.25, -0.2) is 4.68 Å². The van der Waals surface area contributed by atoms with Crippen molar-refractivity contribution in [2.75, 3.05) is 0 Å². The molecule has 1 aliphatic heterocycles. The fourth-order valence-electron chi connectivity index (χ4n) is 4.27. The van der Waals surface area contributed by atoms with Crippen LogP contribution in [-0.2, 0) is 41.7 Å². The molecule has 0 aliphatic carbocycles. The number of carbonyl (C=O) groups is 4. The number of amides is 2. The molecule has 2 heterocycles. The van der Waals surface area contributed by atoms with Gasteiger partial charge in [0.15, 0.2) is 0 Å². The van der Waals surface area contributed by atoms with Crippen molar-refractivity contribution in [3.63, 3.8) is 0 Å². The van der Waals surface area contributed by atoms with Crippen LogP contribution in [0.3, 0.4) is 0 Å². The monoisotopic (exact) mass is 538 g/mol. The van der Waals surface area contributed by atoms with Crippen LogP contribution >= 0.6 is 11.6 Å². The van der Waals surface area contributed by atoms with E-state index >= 15 is 0 Å². The van der Waals surface area contributed by atoms with Gasteiger partial charge in [0, 0.05) is 44.4 Å². The van der Waals surface area contributed by atoms with Crippen LogP contribution < -0.4 is 5.32 Å². The zero-order chi connectivity index (χ0) is 27.4. The molecule has 1 aromatic heterocycles. The molecule has 3 atom stereocenters. The quantitative estimate of drug-likeness (QED) is 0.437. The second-order valence-electron chi connectivity index (χ2n) is 8.94. The topological polar surface area (TPSA) is 120 Å². The van der Waals surface area contributed by atoms with Gasteiger partial charge >= 0.3 is 11.9 Å². The summed E-state index contributed by atoms with van der Waals surface area (Å²) < 4.78 is 12.2. The van der Waals surface area contributed by atoms with E-state index in [9.17, 15) is 19.2 Å². The van der Waals surface area contributed by atoms with Gasteiger partial charge in [-0.15, -0.1) is 0 Å². The van der Waals surface area contributed by atoms with Gasteiger partial charge in [0.05, 0.1) is 11.7 Å². The highest BCUT2D eigenvalue weighted by Crippen LogP contribution is 2.27. The number of nitrogens with zero attached hydrogens (tertiary/aromatic N) is 3. The van der Waals surface area contributed by atoms with Gasteiger partial charge < -0.3 is 19.7 Å². The predicted octanol–water partition coefficient (Wildman–Crippen LogP) is 3.11. The number of esters is 2. The van der Waals surface area contributed by atoms with Crippen molar-refractivity contribution in [1.82, 2.24) is 20.0 Å². The van der Waals surface area contributed by atoms with Crippen molar-refractivity contribution >= 4 is 35.4 Å². The van der Waals surface area contributed by atoms with Crippen LogP contribution in [0.5, 0.6) is 0 Å². The van der Waals surface area contributed by atoms with Crippen LogP contribution in [0.25, 0.3) is 5.69 Å². The molecule has 0 fully saturated rings. The van der Waals surface area contributed by atoms with Gasteiger partial charge in [0.25, 0.3) is 11.8 Å². The second kappa shape index (κ2) is 11.5. The minimum atomic E-state index is -1.69. The summed E-state index contributed by atoms with van der Waals surface area (Å²) in [6, 6.07) is 13.9. The number of hydrogen-bond donors (Lipinski definition) is 1. The van der Waals surface area contributed by atoms with E-state index in [1.54, 1.807) is 36.0 Å². The number of benzene rings is 2. The zero-order valence-electron chi connectivity index (χ0n) is 21.1. The van der Waals surface area contributed by atoms with Crippen LogP contribution in [-0.4, -0.2) is 50.6 Å². The third kappa shape index (κ3) is 6.20. The number of rotatable bonds is 8. The number of nitrogens with one attached hydrogen (secondary N) is 1. The van der Waals surface area contributed by atoms with E-state index in [-0.39, 0.29) is 13.1 Å². The maximum Gasteiger partial charge on any atom is 0.303 e. The normalized spacial score (nSPS) is 14.7. The third-order valence-corrected chi connectivity index (χ3v) is 6.32. The molecule has 0 unspecified atom stereocenters. The summed E-state index contributed by atoms with van der Waals surface area (Å²) in [5.74, 6) is -3.04. The fourth-order valence-corrected chi connectivity index (χ4v) is 4.46. The first kappa shape index (κ1) is 26.9. The molecule has 1 aliphatic rings. The number of carbonyl (C=O) groups excluding carboxylic acids is 4. The van der Waals surface area contributed by atoms with Crippen LogP contribution in [0, 0.1) is 0 Å². The maximum absolute atomic E-state index is 13.5. The first-order valence-electron chi connectivity index (χ1n) is 11.9. The molecule has 0 saturated heterocycles. The molecular weight excluding hydrogens is 512 g/mol. The summed E-state index contributed by atoms with van der Waals surface area (Å²) in [7, 11) is 0. The number of ether oxygens (including phenoxy) is 2. The van der Waals surface area contributed by atoms with E-state index in [0.717, 1.165) is 36.2 Å². The molecule has 4 rings (SSSR count). The summed E-state index contributed by atoms with van der Waals surface area (Å²) >= 11 is 6.08. The van der Waals surface area contributed by atoms with Crippen molar-refractivity contribution in [3.05, 3.63) is 82.6 Å². The highest BCUT2D eigenvalue weighted by atomic mass is 35.5. The lowest BCUT2D eigenvalue weighted by Gasteiger charge is -2.29. The van der Waals surface area contributed by atoms with E-state index in [0.29, 0.717) is 5.02 Å². The number of aromatic nitrogens is 2. The van der Waals surface area contributed by atoms with Gasteiger partial charge in [-0.05, 0) is 53.9 Å². The van der Waals surface area contributed by atoms with E-state index in [1.807, 2.05) is 36.5 Å². The molecule has 3 aromatic rings. The van der Waals surface area contributed by atoms with Crippen molar-refractivity contribution in [3.8, 4) is 5.69 Å². The molecule has 0 saturated carbocycles. The fraction of sp³-hybridized carbons (Fsp3) is 0.296. The Kier molecular flexibility index (Phi) is 8.11. The Bertz CT molecular complexity index is 1340. The Balaban J connectivity index is 1.52. The number of halogens is 1. The molecule has 10 nitrogen and oxygen atoms in total. The molecule has 38 heavy (non-hydrogen) atoms. The predicted molar refractivity (Wildman–Crippen MR) is 137 cm³/mol. The first-order valence-corrected chi connectivity index (χ1v) is 12.3. The summed E-state index contributed by atoms with van der Waals surface area (Å²) in [5.41, 5.74) is 3.32. The zero-order valence-corrected chi connectivity index (χ0v) is 21.8. The largest absolute Gasteiger partial charge is 0.448 e. The first-order chi connectivity index (χ1) is 18.1. The molecule has 0 radical (unpaired) electrons. The van der Waals surface area contributed by atoms with Crippen LogP contribution in [0.2, 0.25) is 5.02 Å². The molecule has 11 heteroatoms. The molecule has 2 aromatic carbocycles. The molecule has 0 bridgehead atoms. The highest BCUT2D eigenvalue weighted by molar-refractivity contribution is 6.30. The average molecular weight is 539 g/mol. The number of hydrogen-bond acceptors (Lipinski definition) is 7. The van der Waals surface area contributed by atoms with Gasteiger partial charge in [-0.1, -0.05) is 29.8 Å². The minimum Gasteiger partial charge on any atom is -0.448 e. The van der Waals surface area contributed by atoms with Crippen molar-refractivity contribution in [1.29, 1.82) is 0 Å². The molecular formula is C27H27ClN4O6.